The summed E-state index contributed by atoms with van der Waals surface area (Å²) in [5, 5.41) is 9.16. The van der Waals surface area contributed by atoms with Crippen molar-refractivity contribution in [3.63, 3.8) is 0 Å². The Labute approximate surface area is 68.8 Å². The van der Waals surface area contributed by atoms with Gasteiger partial charge in [0.05, 0.1) is 0 Å². The lowest BCUT2D eigenvalue weighted by Crippen LogP contribution is -2.56. The maximum atomic E-state index is 9.16. The van der Waals surface area contributed by atoms with Crippen LogP contribution in [-0.4, -0.2) is 11.7 Å². The van der Waals surface area contributed by atoms with Crippen LogP contribution in [0.5, 0.6) is 0 Å². The van der Waals surface area contributed by atoms with Crippen molar-refractivity contribution in [1.29, 1.82) is 0 Å². The van der Waals surface area contributed by atoms with E-state index in [1.807, 2.05) is 0 Å². The molecule has 0 aromatic rings. The molecule has 3 atom stereocenters. The SMILES string of the molecule is CC1(C)[C@@H]2CC[C@]1(C)[C@@H]2CO. The van der Waals surface area contributed by atoms with E-state index in [0.717, 1.165) is 5.92 Å². The maximum absolute atomic E-state index is 9.16. The Hall–Kier alpha value is -0.0400. The predicted octanol–water partition coefficient (Wildman–Crippen LogP) is 2.05. The average molecular weight is 154 g/mol. The molecule has 0 unspecified atom stereocenters. The summed E-state index contributed by atoms with van der Waals surface area (Å²) in [7, 11) is 0. The smallest absolute Gasteiger partial charge is 0.0467 e. The first kappa shape index (κ1) is 7.60. The Bertz CT molecular complexity index is 185. The quantitative estimate of drug-likeness (QED) is 0.613. The number of hydrogen-bond donors (Lipinski definition) is 1. The highest BCUT2D eigenvalue weighted by atomic mass is 16.3. The van der Waals surface area contributed by atoms with Crippen LogP contribution in [0.15, 0.2) is 0 Å². The summed E-state index contributed by atoms with van der Waals surface area (Å²) in [5.41, 5.74) is 0.951. The van der Waals surface area contributed by atoms with E-state index in [0.29, 0.717) is 23.4 Å². The third-order valence-corrected chi connectivity index (χ3v) is 4.87. The van der Waals surface area contributed by atoms with Gasteiger partial charge in [0.2, 0.25) is 0 Å². The molecule has 3 aliphatic rings. The molecule has 1 N–H and O–H groups in total. The van der Waals surface area contributed by atoms with E-state index in [1.165, 1.54) is 12.8 Å². The molecule has 0 saturated heterocycles. The zero-order valence-corrected chi connectivity index (χ0v) is 7.72. The lowest BCUT2D eigenvalue weighted by molar-refractivity contribution is -0.137. The molecule has 0 aliphatic heterocycles. The highest BCUT2D eigenvalue weighted by Gasteiger charge is 2.67. The van der Waals surface area contributed by atoms with Gasteiger partial charge in [0.1, 0.15) is 0 Å². The maximum Gasteiger partial charge on any atom is 0.0467 e. The van der Waals surface area contributed by atoms with Gasteiger partial charge >= 0.3 is 0 Å². The fraction of sp³-hybridized carbons (Fsp3) is 1.00. The zero-order chi connectivity index (χ0) is 8.28. The van der Waals surface area contributed by atoms with Gasteiger partial charge < -0.3 is 5.11 Å². The van der Waals surface area contributed by atoms with Gasteiger partial charge in [0.15, 0.2) is 0 Å². The van der Waals surface area contributed by atoms with Crippen molar-refractivity contribution < 1.29 is 5.11 Å². The molecule has 3 aliphatic carbocycles. The monoisotopic (exact) mass is 154 g/mol. The van der Waals surface area contributed by atoms with Crippen molar-refractivity contribution >= 4 is 0 Å². The van der Waals surface area contributed by atoms with E-state index in [1.54, 1.807) is 0 Å². The van der Waals surface area contributed by atoms with Gasteiger partial charge in [-0.15, -0.1) is 0 Å². The van der Waals surface area contributed by atoms with Gasteiger partial charge in [0.25, 0.3) is 0 Å². The minimum Gasteiger partial charge on any atom is -0.396 e. The summed E-state index contributed by atoms with van der Waals surface area (Å²) >= 11 is 0. The second-order valence-corrected chi connectivity index (χ2v) is 5.07. The molecule has 3 fully saturated rings. The lowest BCUT2D eigenvalue weighted by Gasteiger charge is -2.59. The second kappa shape index (κ2) is 1.82. The predicted molar refractivity (Wildman–Crippen MR) is 45.2 cm³/mol. The molecule has 11 heavy (non-hydrogen) atoms. The third-order valence-electron chi connectivity index (χ3n) is 4.87. The first-order valence-electron chi connectivity index (χ1n) is 4.65. The van der Waals surface area contributed by atoms with Crippen molar-refractivity contribution in [2.45, 2.75) is 33.6 Å². The third kappa shape index (κ3) is 0.581. The van der Waals surface area contributed by atoms with E-state index in [4.69, 9.17) is 5.11 Å². The standard InChI is InChI=1S/C10H18O/c1-9(2)7-4-5-10(9,3)8(7)6-11/h7-8,11H,4-6H2,1-3H3/t7-,8-,10-/m1/s1. The molecule has 2 bridgehead atoms. The summed E-state index contributed by atoms with van der Waals surface area (Å²) in [6, 6.07) is 0. The molecule has 3 saturated carbocycles. The van der Waals surface area contributed by atoms with Gasteiger partial charge in [-0.05, 0) is 35.5 Å². The van der Waals surface area contributed by atoms with E-state index in [-0.39, 0.29) is 0 Å². The number of aliphatic hydroxyl groups excluding tert-OH is 1. The Morgan fingerprint density at radius 1 is 1.36 bits per heavy atom. The van der Waals surface area contributed by atoms with E-state index < -0.39 is 0 Å². The van der Waals surface area contributed by atoms with Crippen LogP contribution >= 0.6 is 0 Å². The highest BCUT2D eigenvalue weighted by molar-refractivity contribution is 5.16. The topological polar surface area (TPSA) is 20.2 Å². The van der Waals surface area contributed by atoms with Crippen molar-refractivity contribution in [3.05, 3.63) is 0 Å². The van der Waals surface area contributed by atoms with Crippen LogP contribution in [0.1, 0.15) is 33.6 Å². The van der Waals surface area contributed by atoms with Gasteiger partial charge in [0, 0.05) is 6.61 Å². The van der Waals surface area contributed by atoms with Crippen LogP contribution in [0.3, 0.4) is 0 Å². The Kier molecular flexibility index (Phi) is 1.26. The van der Waals surface area contributed by atoms with Crippen LogP contribution in [0.25, 0.3) is 0 Å². The minimum atomic E-state index is 0.407. The lowest BCUT2D eigenvalue weighted by atomic mass is 9.45. The van der Waals surface area contributed by atoms with Crippen molar-refractivity contribution in [2.75, 3.05) is 6.61 Å². The fourth-order valence-corrected chi connectivity index (χ4v) is 3.61. The average Bonchev–Trinajstić information content (AvgIpc) is 2.38. The van der Waals surface area contributed by atoms with Crippen molar-refractivity contribution in [3.8, 4) is 0 Å². The summed E-state index contributed by atoms with van der Waals surface area (Å²) in [5.74, 6) is 1.41. The Morgan fingerprint density at radius 2 is 2.00 bits per heavy atom. The van der Waals surface area contributed by atoms with E-state index in [2.05, 4.69) is 20.8 Å². The molecule has 0 amide bonds. The molecular weight excluding hydrogens is 136 g/mol. The molecule has 0 radical (unpaired) electrons. The van der Waals surface area contributed by atoms with Gasteiger partial charge in [-0.1, -0.05) is 20.8 Å². The zero-order valence-electron chi connectivity index (χ0n) is 7.72. The summed E-state index contributed by atoms with van der Waals surface area (Å²) < 4.78 is 0. The molecule has 3 rings (SSSR count). The van der Waals surface area contributed by atoms with Crippen molar-refractivity contribution in [2.24, 2.45) is 22.7 Å². The van der Waals surface area contributed by atoms with Crippen LogP contribution in [0, 0.1) is 22.7 Å². The molecule has 1 nitrogen and oxygen atoms in total. The Morgan fingerprint density at radius 3 is 2.18 bits per heavy atom. The van der Waals surface area contributed by atoms with Crippen LogP contribution in [0.4, 0.5) is 0 Å². The van der Waals surface area contributed by atoms with Crippen molar-refractivity contribution in [1.82, 2.24) is 0 Å². The van der Waals surface area contributed by atoms with E-state index >= 15 is 0 Å². The number of rotatable bonds is 1. The minimum absolute atomic E-state index is 0.407. The number of fused-ring (bicyclic) bond motifs is 1. The first-order valence-corrected chi connectivity index (χ1v) is 4.65. The van der Waals surface area contributed by atoms with Gasteiger partial charge in [-0.2, -0.15) is 0 Å². The molecule has 1 heteroatoms. The molecule has 64 valence electrons. The largest absolute Gasteiger partial charge is 0.396 e. The van der Waals surface area contributed by atoms with Crippen LogP contribution < -0.4 is 0 Å². The molecule has 0 spiro atoms. The summed E-state index contributed by atoms with van der Waals surface area (Å²) in [6.45, 7) is 7.47. The van der Waals surface area contributed by atoms with Crippen LogP contribution in [0.2, 0.25) is 0 Å². The summed E-state index contributed by atoms with van der Waals surface area (Å²) in [6.07, 6.45) is 2.67. The molecule has 0 aromatic heterocycles. The first-order chi connectivity index (χ1) is 5.04. The molecule has 0 aromatic carbocycles. The van der Waals surface area contributed by atoms with Crippen LogP contribution in [-0.2, 0) is 0 Å². The number of hydrogen-bond acceptors (Lipinski definition) is 1. The number of aliphatic hydroxyl groups is 1. The fourth-order valence-electron chi connectivity index (χ4n) is 3.61. The highest BCUT2D eigenvalue weighted by Crippen LogP contribution is 2.73. The van der Waals surface area contributed by atoms with Gasteiger partial charge in [-0.25, -0.2) is 0 Å². The van der Waals surface area contributed by atoms with Gasteiger partial charge in [-0.3, -0.25) is 0 Å². The van der Waals surface area contributed by atoms with E-state index in [9.17, 15) is 0 Å². The summed E-state index contributed by atoms with van der Waals surface area (Å²) in [4.78, 5) is 0. The second-order valence-electron chi connectivity index (χ2n) is 5.07. The molecule has 0 heterocycles. The Balaban J connectivity index is 2.28. The normalized spacial score (nSPS) is 52.4. The molecular formula is C10H18O.